The van der Waals surface area contributed by atoms with E-state index in [4.69, 9.17) is 11.6 Å². The van der Waals surface area contributed by atoms with Gasteiger partial charge < -0.3 is 5.32 Å². The van der Waals surface area contributed by atoms with Crippen molar-refractivity contribution >= 4 is 33.4 Å². The van der Waals surface area contributed by atoms with E-state index in [1.54, 1.807) is 12.3 Å². The monoisotopic (exact) mass is 316 g/mol. The fraction of sp³-hybridized carbons (Fsp3) is 0.500. The fourth-order valence-corrected chi connectivity index (χ4v) is 2.37. The van der Waals surface area contributed by atoms with Gasteiger partial charge in [0.1, 0.15) is 5.15 Å². The van der Waals surface area contributed by atoms with Gasteiger partial charge in [0, 0.05) is 17.2 Å². The van der Waals surface area contributed by atoms with Gasteiger partial charge in [0.2, 0.25) is 0 Å². The minimum atomic E-state index is -0.150. The predicted octanol–water partition coefficient (Wildman–Crippen LogP) is 3.42. The number of pyridine rings is 1. The van der Waals surface area contributed by atoms with E-state index in [1.807, 2.05) is 0 Å². The predicted molar refractivity (Wildman–Crippen MR) is 71.2 cm³/mol. The van der Waals surface area contributed by atoms with Crippen molar-refractivity contribution in [1.29, 1.82) is 0 Å². The zero-order valence-corrected chi connectivity index (χ0v) is 11.7. The number of amides is 1. The molecule has 1 aliphatic carbocycles. The second-order valence-corrected chi connectivity index (χ2v) is 5.61. The Morgan fingerprint density at radius 1 is 1.59 bits per heavy atom. The van der Waals surface area contributed by atoms with Crippen LogP contribution in [0.5, 0.6) is 0 Å². The lowest BCUT2D eigenvalue weighted by Crippen LogP contribution is -2.27. The van der Waals surface area contributed by atoms with Gasteiger partial charge in [-0.15, -0.1) is 0 Å². The Hall–Kier alpha value is -0.610. The molecule has 1 aromatic rings. The topological polar surface area (TPSA) is 42.0 Å². The summed E-state index contributed by atoms with van der Waals surface area (Å²) in [6.45, 7) is 0.715. The number of rotatable bonds is 4. The smallest absolute Gasteiger partial charge is 0.254 e. The van der Waals surface area contributed by atoms with Crippen LogP contribution in [0.4, 0.5) is 0 Å². The number of nitrogens with zero attached hydrogens (tertiary/aromatic N) is 1. The lowest BCUT2D eigenvalue weighted by Gasteiger charge is -2.25. The molecule has 1 aromatic heterocycles. The molecule has 1 N–H and O–H groups in total. The van der Waals surface area contributed by atoms with Crippen molar-refractivity contribution in [2.24, 2.45) is 5.92 Å². The summed E-state index contributed by atoms with van der Waals surface area (Å²) in [7, 11) is 0. The van der Waals surface area contributed by atoms with Crippen LogP contribution < -0.4 is 5.32 Å². The summed E-state index contributed by atoms with van der Waals surface area (Å²) < 4.78 is 0.756. The standard InChI is InChI=1S/C12H14BrClN2O/c13-9-6-10(11(14)16-7-9)12(17)15-5-4-8-2-1-3-8/h6-8H,1-5H2,(H,15,17). The molecule has 0 aromatic carbocycles. The molecule has 0 spiro atoms. The molecular weight excluding hydrogens is 304 g/mol. The Morgan fingerprint density at radius 3 is 3.00 bits per heavy atom. The molecule has 3 nitrogen and oxygen atoms in total. The highest BCUT2D eigenvalue weighted by Gasteiger charge is 2.17. The van der Waals surface area contributed by atoms with Crippen LogP contribution in [0.1, 0.15) is 36.0 Å². The van der Waals surface area contributed by atoms with Crippen molar-refractivity contribution < 1.29 is 4.79 Å². The van der Waals surface area contributed by atoms with E-state index in [1.165, 1.54) is 19.3 Å². The zero-order valence-electron chi connectivity index (χ0n) is 9.38. The van der Waals surface area contributed by atoms with Crippen molar-refractivity contribution in [2.45, 2.75) is 25.7 Å². The first-order chi connectivity index (χ1) is 8.16. The number of aromatic nitrogens is 1. The Kier molecular flexibility index (Phi) is 4.40. The normalized spacial score (nSPS) is 15.4. The molecule has 2 rings (SSSR count). The van der Waals surface area contributed by atoms with Crippen molar-refractivity contribution in [3.63, 3.8) is 0 Å². The van der Waals surface area contributed by atoms with Crippen LogP contribution in [-0.4, -0.2) is 17.4 Å². The third-order valence-electron chi connectivity index (χ3n) is 3.11. The molecule has 1 heterocycles. The number of carbonyl (C=O) groups excluding carboxylic acids is 1. The molecule has 5 heteroatoms. The molecule has 17 heavy (non-hydrogen) atoms. The lowest BCUT2D eigenvalue weighted by atomic mass is 9.83. The van der Waals surface area contributed by atoms with E-state index >= 15 is 0 Å². The summed E-state index contributed by atoms with van der Waals surface area (Å²) in [6.07, 6.45) is 6.57. The Morgan fingerprint density at radius 2 is 2.35 bits per heavy atom. The zero-order chi connectivity index (χ0) is 12.3. The average molecular weight is 318 g/mol. The minimum Gasteiger partial charge on any atom is -0.352 e. The number of hydrogen-bond donors (Lipinski definition) is 1. The van der Waals surface area contributed by atoms with Gasteiger partial charge in [0.05, 0.1) is 5.56 Å². The van der Waals surface area contributed by atoms with Crippen LogP contribution in [0.2, 0.25) is 5.15 Å². The van der Waals surface area contributed by atoms with Gasteiger partial charge >= 0.3 is 0 Å². The molecule has 0 unspecified atom stereocenters. The number of halogens is 2. The van der Waals surface area contributed by atoms with Crippen molar-refractivity contribution in [3.05, 3.63) is 27.5 Å². The lowest BCUT2D eigenvalue weighted by molar-refractivity contribution is 0.0948. The summed E-state index contributed by atoms with van der Waals surface area (Å²) in [6, 6.07) is 1.69. The van der Waals surface area contributed by atoms with Crippen LogP contribution >= 0.6 is 27.5 Å². The quantitative estimate of drug-likeness (QED) is 0.865. The largest absolute Gasteiger partial charge is 0.352 e. The fourth-order valence-electron chi connectivity index (χ4n) is 1.85. The molecule has 0 atom stereocenters. The summed E-state index contributed by atoms with van der Waals surface area (Å²) in [5, 5.41) is 3.13. The van der Waals surface area contributed by atoms with Gasteiger partial charge in [-0.3, -0.25) is 4.79 Å². The molecule has 1 amide bonds. The van der Waals surface area contributed by atoms with Crippen LogP contribution in [0.15, 0.2) is 16.7 Å². The first-order valence-electron chi connectivity index (χ1n) is 5.76. The van der Waals surface area contributed by atoms with Crippen LogP contribution in [-0.2, 0) is 0 Å². The first kappa shape index (κ1) is 12.8. The van der Waals surface area contributed by atoms with Gasteiger partial charge in [0.15, 0.2) is 0 Å². The maximum atomic E-state index is 11.8. The SMILES string of the molecule is O=C(NCCC1CCC1)c1cc(Br)cnc1Cl. The maximum Gasteiger partial charge on any atom is 0.254 e. The third kappa shape index (κ3) is 3.42. The second-order valence-electron chi connectivity index (χ2n) is 4.33. The first-order valence-corrected chi connectivity index (χ1v) is 6.93. The second kappa shape index (κ2) is 5.83. The summed E-state index contributed by atoms with van der Waals surface area (Å²) in [4.78, 5) is 15.8. The molecule has 1 saturated carbocycles. The Labute approximate surface area is 114 Å². The van der Waals surface area contributed by atoms with Gasteiger partial charge in [-0.25, -0.2) is 4.98 Å². The van der Waals surface area contributed by atoms with Crippen LogP contribution in [0, 0.1) is 5.92 Å². The van der Waals surface area contributed by atoms with Gasteiger partial charge in [-0.2, -0.15) is 0 Å². The summed E-state index contributed by atoms with van der Waals surface area (Å²) in [5.41, 5.74) is 0.426. The molecular formula is C12H14BrClN2O. The molecule has 1 aliphatic rings. The summed E-state index contributed by atoms with van der Waals surface area (Å²) >= 11 is 9.15. The highest BCUT2D eigenvalue weighted by Crippen LogP contribution is 2.28. The number of nitrogens with one attached hydrogen (secondary N) is 1. The Bertz CT molecular complexity index is 421. The molecule has 0 radical (unpaired) electrons. The van der Waals surface area contributed by atoms with E-state index in [0.717, 1.165) is 16.8 Å². The van der Waals surface area contributed by atoms with Crippen molar-refractivity contribution in [2.75, 3.05) is 6.54 Å². The number of hydrogen-bond acceptors (Lipinski definition) is 2. The summed E-state index contributed by atoms with van der Waals surface area (Å²) in [5.74, 6) is 0.648. The van der Waals surface area contributed by atoms with E-state index in [0.29, 0.717) is 12.1 Å². The highest BCUT2D eigenvalue weighted by atomic mass is 79.9. The Balaban J connectivity index is 1.87. The van der Waals surface area contributed by atoms with E-state index in [2.05, 4.69) is 26.2 Å². The van der Waals surface area contributed by atoms with E-state index < -0.39 is 0 Å². The molecule has 0 saturated heterocycles. The third-order valence-corrected chi connectivity index (χ3v) is 3.85. The molecule has 92 valence electrons. The molecule has 0 aliphatic heterocycles. The number of carbonyl (C=O) groups is 1. The molecule has 1 fully saturated rings. The van der Waals surface area contributed by atoms with Gasteiger partial charge in [-0.1, -0.05) is 30.9 Å². The molecule has 0 bridgehead atoms. The van der Waals surface area contributed by atoms with Gasteiger partial charge in [-0.05, 0) is 34.3 Å². The van der Waals surface area contributed by atoms with Crippen LogP contribution in [0.3, 0.4) is 0 Å². The van der Waals surface area contributed by atoms with Crippen LogP contribution in [0.25, 0.3) is 0 Å². The van der Waals surface area contributed by atoms with Crippen molar-refractivity contribution in [3.8, 4) is 0 Å². The minimum absolute atomic E-state index is 0.150. The van der Waals surface area contributed by atoms with Crippen molar-refractivity contribution in [1.82, 2.24) is 10.3 Å². The van der Waals surface area contributed by atoms with E-state index in [9.17, 15) is 4.79 Å². The highest BCUT2D eigenvalue weighted by molar-refractivity contribution is 9.10. The average Bonchev–Trinajstić information content (AvgIpc) is 2.25. The van der Waals surface area contributed by atoms with Gasteiger partial charge in [0.25, 0.3) is 5.91 Å². The van der Waals surface area contributed by atoms with E-state index in [-0.39, 0.29) is 11.1 Å². The maximum absolute atomic E-state index is 11.8.